The van der Waals surface area contributed by atoms with Gasteiger partial charge in [0.2, 0.25) is 0 Å². The Labute approximate surface area is 147 Å². The quantitative estimate of drug-likeness (QED) is 0.787. The van der Waals surface area contributed by atoms with Crippen molar-refractivity contribution in [3.05, 3.63) is 45.9 Å². The van der Waals surface area contributed by atoms with Gasteiger partial charge in [-0.15, -0.1) is 11.3 Å². The first-order chi connectivity index (χ1) is 11.4. The molecular weight excluding hydrogens is 344 g/mol. The van der Waals surface area contributed by atoms with Crippen molar-refractivity contribution >= 4 is 21.2 Å². The largest absolute Gasteiger partial charge is 0.486 e. The van der Waals surface area contributed by atoms with Gasteiger partial charge in [0, 0.05) is 18.0 Å². The third-order valence-electron chi connectivity index (χ3n) is 4.23. The molecule has 1 saturated heterocycles. The van der Waals surface area contributed by atoms with Gasteiger partial charge in [-0.2, -0.15) is 0 Å². The number of aryl methyl sites for hydroxylation is 1. The summed E-state index contributed by atoms with van der Waals surface area (Å²) in [5.41, 5.74) is 2.17. The molecule has 0 N–H and O–H groups in total. The predicted molar refractivity (Wildman–Crippen MR) is 96.2 cm³/mol. The minimum absolute atomic E-state index is 0.101. The highest BCUT2D eigenvalue weighted by atomic mass is 32.2. The van der Waals surface area contributed by atoms with E-state index in [0.717, 1.165) is 16.5 Å². The molecule has 1 aliphatic heterocycles. The molecule has 0 spiro atoms. The zero-order valence-electron chi connectivity index (χ0n) is 13.9. The number of hydrogen-bond acceptors (Lipinski definition) is 6. The lowest BCUT2D eigenvalue weighted by molar-refractivity contribution is 0.250. The molecule has 1 aromatic heterocycles. The second-order valence-electron chi connectivity index (χ2n) is 6.31. The SMILES string of the molecule is Cc1ccc(OCc2nc(CN(C)C3CCS(=O)(=O)C3)cs2)cc1. The molecule has 1 unspecified atom stereocenters. The number of ether oxygens (including phenoxy) is 1. The number of nitrogens with zero attached hydrogens (tertiary/aromatic N) is 2. The van der Waals surface area contributed by atoms with Crippen molar-refractivity contribution in [2.45, 2.75) is 32.5 Å². The van der Waals surface area contributed by atoms with E-state index in [1.807, 2.05) is 43.6 Å². The monoisotopic (exact) mass is 366 g/mol. The molecule has 24 heavy (non-hydrogen) atoms. The zero-order valence-corrected chi connectivity index (χ0v) is 15.6. The molecular formula is C17H22N2O3S2. The first kappa shape index (κ1) is 17.4. The molecule has 0 radical (unpaired) electrons. The van der Waals surface area contributed by atoms with Crippen molar-refractivity contribution in [1.82, 2.24) is 9.88 Å². The lowest BCUT2D eigenvalue weighted by Gasteiger charge is -2.21. The Balaban J connectivity index is 1.52. The molecule has 1 atom stereocenters. The summed E-state index contributed by atoms with van der Waals surface area (Å²) in [6.45, 7) is 3.17. The Morgan fingerprint density at radius 3 is 2.75 bits per heavy atom. The average molecular weight is 367 g/mol. The highest BCUT2D eigenvalue weighted by Gasteiger charge is 2.30. The number of sulfone groups is 1. The fourth-order valence-corrected chi connectivity index (χ4v) is 5.28. The van der Waals surface area contributed by atoms with E-state index in [1.165, 1.54) is 5.56 Å². The summed E-state index contributed by atoms with van der Waals surface area (Å²) < 4.78 is 28.9. The minimum Gasteiger partial charge on any atom is -0.486 e. The summed E-state index contributed by atoms with van der Waals surface area (Å²) in [5.74, 6) is 1.40. The van der Waals surface area contributed by atoms with E-state index in [9.17, 15) is 8.42 Å². The smallest absolute Gasteiger partial charge is 0.151 e. The van der Waals surface area contributed by atoms with Crippen LogP contribution in [0.4, 0.5) is 0 Å². The summed E-state index contributed by atoms with van der Waals surface area (Å²) in [6.07, 6.45) is 0.715. The van der Waals surface area contributed by atoms with E-state index in [-0.39, 0.29) is 11.8 Å². The van der Waals surface area contributed by atoms with Crippen LogP contribution in [0.5, 0.6) is 5.75 Å². The second kappa shape index (κ2) is 7.21. The maximum Gasteiger partial charge on any atom is 0.151 e. The molecule has 7 heteroatoms. The lowest BCUT2D eigenvalue weighted by atomic mass is 10.2. The van der Waals surface area contributed by atoms with Crippen LogP contribution in [0.1, 0.15) is 22.7 Å². The van der Waals surface area contributed by atoms with Crippen molar-refractivity contribution in [3.8, 4) is 5.75 Å². The van der Waals surface area contributed by atoms with Crippen LogP contribution < -0.4 is 4.74 Å². The minimum atomic E-state index is -2.85. The molecule has 1 aliphatic rings. The van der Waals surface area contributed by atoms with E-state index < -0.39 is 9.84 Å². The zero-order chi connectivity index (χ0) is 17.2. The van der Waals surface area contributed by atoms with Crippen LogP contribution in [0.3, 0.4) is 0 Å². The Bertz CT molecular complexity index is 784. The van der Waals surface area contributed by atoms with Crippen molar-refractivity contribution in [2.24, 2.45) is 0 Å². The third-order valence-corrected chi connectivity index (χ3v) is 6.85. The number of hydrogen-bond donors (Lipinski definition) is 0. The summed E-state index contributed by atoms with van der Waals surface area (Å²) in [5, 5.41) is 2.95. The maximum absolute atomic E-state index is 11.6. The van der Waals surface area contributed by atoms with Crippen LogP contribution in [0, 0.1) is 6.92 Å². The van der Waals surface area contributed by atoms with Gasteiger partial charge in [0.05, 0.1) is 17.2 Å². The van der Waals surface area contributed by atoms with Crippen LogP contribution in [0.25, 0.3) is 0 Å². The Hall–Kier alpha value is -1.44. The number of thiazole rings is 1. The molecule has 2 aromatic rings. The molecule has 1 fully saturated rings. The first-order valence-corrected chi connectivity index (χ1v) is 10.6. The van der Waals surface area contributed by atoms with Gasteiger partial charge in [-0.3, -0.25) is 4.90 Å². The lowest BCUT2D eigenvalue weighted by Crippen LogP contribution is -2.32. The number of aromatic nitrogens is 1. The molecule has 0 amide bonds. The van der Waals surface area contributed by atoms with Crippen molar-refractivity contribution in [2.75, 3.05) is 18.6 Å². The van der Waals surface area contributed by atoms with E-state index in [2.05, 4.69) is 9.88 Å². The van der Waals surface area contributed by atoms with Crippen LogP contribution in [-0.4, -0.2) is 42.9 Å². The summed E-state index contributed by atoms with van der Waals surface area (Å²) in [6, 6.07) is 8.06. The van der Waals surface area contributed by atoms with Crippen LogP contribution in [-0.2, 0) is 23.0 Å². The van der Waals surface area contributed by atoms with E-state index in [1.54, 1.807) is 11.3 Å². The molecule has 130 valence electrons. The molecule has 0 bridgehead atoms. The summed E-state index contributed by atoms with van der Waals surface area (Å²) >= 11 is 1.58. The first-order valence-electron chi connectivity index (χ1n) is 7.95. The molecule has 0 saturated carbocycles. The Morgan fingerprint density at radius 2 is 2.08 bits per heavy atom. The highest BCUT2D eigenvalue weighted by molar-refractivity contribution is 7.91. The molecule has 3 rings (SSSR count). The molecule has 0 aliphatic carbocycles. The van der Waals surface area contributed by atoms with Gasteiger partial charge in [0.25, 0.3) is 0 Å². The van der Waals surface area contributed by atoms with Crippen molar-refractivity contribution < 1.29 is 13.2 Å². The van der Waals surface area contributed by atoms with Gasteiger partial charge in [0.1, 0.15) is 17.4 Å². The average Bonchev–Trinajstić information content (AvgIpc) is 3.13. The van der Waals surface area contributed by atoms with Crippen LogP contribution in [0.15, 0.2) is 29.6 Å². The second-order valence-corrected chi connectivity index (χ2v) is 9.48. The number of benzene rings is 1. The maximum atomic E-state index is 11.6. The highest BCUT2D eigenvalue weighted by Crippen LogP contribution is 2.20. The van der Waals surface area contributed by atoms with Gasteiger partial charge in [-0.25, -0.2) is 13.4 Å². The van der Waals surface area contributed by atoms with E-state index in [4.69, 9.17) is 4.74 Å². The summed E-state index contributed by atoms with van der Waals surface area (Å²) in [4.78, 5) is 6.68. The van der Waals surface area contributed by atoms with E-state index >= 15 is 0 Å². The standard InChI is InChI=1S/C17H22N2O3S2/c1-13-3-5-16(6-4-13)22-10-17-18-14(11-23-17)9-19(2)15-7-8-24(20,21)12-15/h3-6,11,15H,7-10,12H2,1-2H3. The Morgan fingerprint density at radius 1 is 1.33 bits per heavy atom. The Kier molecular flexibility index (Phi) is 5.22. The van der Waals surface area contributed by atoms with E-state index in [0.29, 0.717) is 25.3 Å². The van der Waals surface area contributed by atoms with Crippen LogP contribution in [0.2, 0.25) is 0 Å². The molecule has 5 nitrogen and oxygen atoms in total. The summed E-state index contributed by atoms with van der Waals surface area (Å²) in [7, 11) is -0.884. The predicted octanol–water partition coefficient (Wildman–Crippen LogP) is 2.65. The normalized spacial score (nSPS) is 19.7. The van der Waals surface area contributed by atoms with Gasteiger partial charge >= 0.3 is 0 Å². The molecule has 2 heterocycles. The third kappa shape index (κ3) is 4.55. The van der Waals surface area contributed by atoms with Gasteiger partial charge < -0.3 is 4.74 Å². The van der Waals surface area contributed by atoms with Crippen LogP contribution >= 0.6 is 11.3 Å². The topological polar surface area (TPSA) is 59.5 Å². The fourth-order valence-electron chi connectivity index (χ4n) is 2.78. The van der Waals surface area contributed by atoms with Gasteiger partial charge in [-0.1, -0.05) is 17.7 Å². The molecule has 1 aromatic carbocycles. The van der Waals surface area contributed by atoms with Gasteiger partial charge in [0.15, 0.2) is 9.84 Å². The van der Waals surface area contributed by atoms with Crippen molar-refractivity contribution in [3.63, 3.8) is 0 Å². The van der Waals surface area contributed by atoms with Gasteiger partial charge in [-0.05, 0) is 32.5 Å². The fraction of sp³-hybridized carbons (Fsp3) is 0.471. The number of rotatable bonds is 6. The van der Waals surface area contributed by atoms with Crippen molar-refractivity contribution in [1.29, 1.82) is 0 Å².